The van der Waals surface area contributed by atoms with Crippen LogP contribution in [0.4, 0.5) is 10.1 Å². The number of ether oxygens (including phenoxy) is 2. The molecule has 0 unspecified atom stereocenters. The first-order chi connectivity index (χ1) is 15.2. The van der Waals surface area contributed by atoms with Crippen molar-refractivity contribution in [1.82, 2.24) is 0 Å². The van der Waals surface area contributed by atoms with Crippen LogP contribution in [-0.2, 0) is 13.2 Å². The summed E-state index contributed by atoms with van der Waals surface area (Å²) in [4.78, 5) is 0. The molecule has 0 aliphatic heterocycles. The molecule has 0 bridgehead atoms. The Bertz CT molecular complexity index is 1130. The van der Waals surface area contributed by atoms with Gasteiger partial charge in [-0.2, -0.15) is 0 Å². The zero-order valence-electron chi connectivity index (χ0n) is 16.7. The maximum Gasteiger partial charge on any atom is 0.134 e. The molecule has 0 aromatic heterocycles. The number of nitrogens with one attached hydrogen (secondary N) is 1. The Kier molecular flexibility index (Phi) is 6.85. The normalized spacial score (nSPS) is 10.5. The Morgan fingerprint density at radius 3 is 2.23 bits per heavy atom. The molecule has 0 fully saturated rings. The van der Waals surface area contributed by atoms with Crippen LogP contribution in [-0.4, -0.2) is 0 Å². The minimum Gasteiger partial charge on any atom is -0.488 e. The Morgan fingerprint density at radius 1 is 0.774 bits per heavy atom. The van der Waals surface area contributed by atoms with Crippen LogP contribution in [0.5, 0.6) is 17.2 Å². The van der Waals surface area contributed by atoms with Crippen LogP contribution in [0.15, 0.2) is 102 Å². The third-order valence-corrected chi connectivity index (χ3v) is 5.29. The monoisotopic (exact) mass is 477 g/mol. The molecule has 1 N–H and O–H groups in total. The predicted molar refractivity (Wildman–Crippen MR) is 125 cm³/mol. The van der Waals surface area contributed by atoms with E-state index in [0.717, 1.165) is 27.2 Å². The van der Waals surface area contributed by atoms with E-state index >= 15 is 0 Å². The van der Waals surface area contributed by atoms with E-state index in [1.807, 2.05) is 72.8 Å². The summed E-state index contributed by atoms with van der Waals surface area (Å²) in [5.74, 6) is 2.01. The smallest absolute Gasteiger partial charge is 0.134 e. The number of halogens is 2. The van der Waals surface area contributed by atoms with Gasteiger partial charge in [0, 0.05) is 17.8 Å². The highest BCUT2D eigenvalue weighted by molar-refractivity contribution is 9.10. The summed E-state index contributed by atoms with van der Waals surface area (Å²) in [6.45, 7) is 0.839. The molecule has 0 saturated carbocycles. The lowest BCUT2D eigenvalue weighted by atomic mass is 10.2. The second-order valence-electron chi connectivity index (χ2n) is 6.94. The van der Waals surface area contributed by atoms with E-state index in [2.05, 4.69) is 21.2 Å². The quantitative estimate of drug-likeness (QED) is 0.283. The van der Waals surface area contributed by atoms with Crippen molar-refractivity contribution in [2.45, 2.75) is 13.2 Å². The lowest BCUT2D eigenvalue weighted by Gasteiger charge is -2.12. The number of benzene rings is 4. The van der Waals surface area contributed by atoms with Crippen LogP contribution in [0.3, 0.4) is 0 Å². The summed E-state index contributed by atoms with van der Waals surface area (Å²) >= 11 is 3.54. The summed E-state index contributed by atoms with van der Waals surface area (Å²) in [7, 11) is 0. The van der Waals surface area contributed by atoms with Gasteiger partial charge in [-0.3, -0.25) is 0 Å². The zero-order chi connectivity index (χ0) is 21.5. The van der Waals surface area contributed by atoms with Crippen LogP contribution in [0.1, 0.15) is 11.1 Å². The first-order valence-corrected chi connectivity index (χ1v) is 10.7. The average molecular weight is 478 g/mol. The van der Waals surface area contributed by atoms with E-state index in [4.69, 9.17) is 9.47 Å². The summed E-state index contributed by atoms with van der Waals surface area (Å²) in [6, 6.07) is 30.0. The highest BCUT2D eigenvalue weighted by atomic mass is 79.9. The molecule has 0 atom stereocenters. The van der Waals surface area contributed by atoms with Crippen molar-refractivity contribution in [3.05, 3.63) is 118 Å². The maximum atomic E-state index is 13.7. The molecule has 5 heteroatoms. The molecule has 4 aromatic rings. The van der Waals surface area contributed by atoms with E-state index in [0.29, 0.717) is 17.9 Å². The van der Waals surface area contributed by atoms with Gasteiger partial charge in [0.2, 0.25) is 0 Å². The standard InChI is InChI=1S/C26H21BrFNO2/c27-24-16-19(10-15-26(24)30-18-20-6-4-5-9-25(20)28)17-29-21-11-13-23(14-12-21)31-22-7-2-1-3-8-22/h1-16,29H,17-18H2. The van der Waals surface area contributed by atoms with Crippen LogP contribution in [0, 0.1) is 5.82 Å². The highest BCUT2D eigenvalue weighted by Gasteiger charge is 2.06. The van der Waals surface area contributed by atoms with Crippen molar-refractivity contribution < 1.29 is 13.9 Å². The molecule has 0 radical (unpaired) electrons. The van der Waals surface area contributed by atoms with Gasteiger partial charge in [-0.1, -0.05) is 42.5 Å². The summed E-state index contributed by atoms with van der Waals surface area (Å²) in [5.41, 5.74) is 2.62. The second kappa shape index (κ2) is 10.1. The minimum atomic E-state index is -0.264. The minimum absolute atomic E-state index is 0.181. The molecular formula is C26H21BrFNO2. The van der Waals surface area contributed by atoms with Gasteiger partial charge in [0.25, 0.3) is 0 Å². The first-order valence-electron chi connectivity index (χ1n) is 9.89. The lowest BCUT2D eigenvalue weighted by molar-refractivity contribution is 0.298. The second-order valence-corrected chi connectivity index (χ2v) is 7.79. The molecule has 4 rings (SSSR count). The molecule has 156 valence electrons. The van der Waals surface area contributed by atoms with Gasteiger partial charge in [0.15, 0.2) is 0 Å². The van der Waals surface area contributed by atoms with E-state index in [1.165, 1.54) is 6.07 Å². The van der Waals surface area contributed by atoms with E-state index in [9.17, 15) is 4.39 Å². The molecule has 0 saturated heterocycles. The SMILES string of the molecule is Fc1ccccc1COc1ccc(CNc2ccc(Oc3ccccc3)cc2)cc1Br. The maximum absolute atomic E-state index is 13.7. The van der Waals surface area contributed by atoms with E-state index in [-0.39, 0.29) is 12.4 Å². The van der Waals surface area contributed by atoms with Crippen molar-refractivity contribution in [1.29, 1.82) is 0 Å². The number of hydrogen-bond donors (Lipinski definition) is 1. The summed E-state index contributed by atoms with van der Waals surface area (Å²) in [5, 5.41) is 3.40. The fraction of sp³-hybridized carbons (Fsp3) is 0.0769. The Hall–Kier alpha value is -3.31. The van der Waals surface area contributed by atoms with Crippen LogP contribution >= 0.6 is 15.9 Å². The van der Waals surface area contributed by atoms with Gasteiger partial charge in [0.05, 0.1) is 4.47 Å². The Balaban J connectivity index is 1.31. The van der Waals surface area contributed by atoms with Gasteiger partial charge in [-0.25, -0.2) is 4.39 Å². The van der Waals surface area contributed by atoms with Gasteiger partial charge >= 0.3 is 0 Å². The van der Waals surface area contributed by atoms with Crippen molar-refractivity contribution in [3.8, 4) is 17.2 Å². The molecular weight excluding hydrogens is 457 g/mol. The number of hydrogen-bond acceptors (Lipinski definition) is 3. The van der Waals surface area contributed by atoms with Crippen LogP contribution in [0.2, 0.25) is 0 Å². The number of para-hydroxylation sites is 1. The van der Waals surface area contributed by atoms with Crippen LogP contribution < -0.4 is 14.8 Å². The Morgan fingerprint density at radius 2 is 1.48 bits per heavy atom. The van der Waals surface area contributed by atoms with Gasteiger partial charge in [-0.15, -0.1) is 0 Å². The fourth-order valence-electron chi connectivity index (χ4n) is 3.01. The number of rotatable bonds is 8. The third-order valence-electron chi connectivity index (χ3n) is 4.67. The van der Waals surface area contributed by atoms with E-state index < -0.39 is 0 Å². The van der Waals surface area contributed by atoms with Crippen molar-refractivity contribution in [2.75, 3.05) is 5.32 Å². The molecule has 0 spiro atoms. The predicted octanol–water partition coefficient (Wildman–Crippen LogP) is 7.57. The van der Waals surface area contributed by atoms with Crippen molar-refractivity contribution in [2.24, 2.45) is 0 Å². The van der Waals surface area contributed by atoms with Gasteiger partial charge < -0.3 is 14.8 Å². The van der Waals surface area contributed by atoms with Crippen LogP contribution in [0.25, 0.3) is 0 Å². The zero-order valence-corrected chi connectivity index (χ0v) is 18.3. The largest absolute Gasteiger partial charge is 0.488 e. The topological polar surface area (TPSA) is 30.5 Å². The van der Waals surface area contributed by atoms with Crippen molar-refractivity contribution in [3.63, 3.8) is 0 Å². The average Bonchev–Trinajstić information content (AvgIpc) is 2.80. The molecule has 31 heavy (non-hydrogen) atoms. The Labute approximate surface area is 189 Å². The summed E-state index contributed by atoms with van der Waals surface area (Å²) < 4.78 is 26.2. The highest BCUT2D eigenvalue weighted by Crippen LogP contribution is 2.28. The van der Waals surface area contributed by atoms with Gasteiger partial charge in [-0.05, 0) is 76.1 Å². The fourth-order valence-corrected chi connectivity index (χ4v) is 3.55. The molecule has 0 amide bonds. The molecule has 0 heterocycles. The van der Waals surface area contributed by atoms with Gasteiger partial charge in [0.1, 0.15) is 29.7 Å². The summed E-state index contributed by atoms with van der Waals surface area (Å²) in [6.07, 6.45) is 0. The lowest BCUT2D eigenvalue weighted by Crippen LogP contribution is -2.01. The first kappa shape index (κ1) is 20.9. The third kappa shape index (κ3) is 5.86. The molecule has 0 aliphatic carbocycles. The molecule has 0 aliphatic rings. The molecule has 4 aromatic carbocycles. The molecule has 3 nitrogen and oxygen atoms in total. The number of anilines is 1. The van der Waals surface area contributed by atoms with Crippen molar-refractivity contribution >= 4 is 21.6 Å². The van der Waals surface area contributed by atoms with E-state index in [1.54, 1.807) is 18.2 Å².